The first-order valence-electron chi connectivity index (χ1n) is 10.5. The summed E-state index contributed by atoms with van der Waals surface area (Å²) >= 11 is 3.55. The molecule has 2 aliphatic rings. The maximum absolute atomic E-state index is 13.2. The van der Waals surface area contributed by atoms with E-state index in [2.05, 4.69) is 45.0 Å². The van der Waals surface area contributed by atoms with Crippen LogP contribution in [0.1, 0.15) is 46.7 Å². The number of anilines is 1. The molecule has 2 aromatic rings. The van der Waals surface area contributed by atoms with Gasteiger partial charge in [-0.25, -0.2) is 0 Å². The highest BCUT2D eigenvalue weighted by Crippen LogP contribution is 2.39. The number of benzene rings is 1. The van der Waals surface area contributed by atoms with Gasteiger partial charge in [0.15, 0.2) is 0 Å². The Balaban J connectivity index is 1.63. The zero-order chi connectivity index (χ0) is 21.4. The van der Waals surface area contributed by atoms with Crippen molar-refractivity contribution in [2.24, 2.45) is 0 Å². The van der Waals surface area contributed by atoms with E-state index in [1.807, 2.05) is 36.1 Å². The third kappa shape index (κ3) is 3.61. The number of likely N-dealkylation sites (N-methyl/N-ethyl adjacent to an activating group) is 1. The molecule has 158 valence electrons. The van der Waals surface area contributed by atoms with Crippen LogP contribution in [0.3, 0.4) is 0 Å². The SMILES string of the molecule is CCN(CC)CCN1CCc2[nH]c(/C=C3\C(=O)Nc4cccc(Br)c43)c(C)c2C1=O. The summed E-state index contributed by atoms with van der Waals surface area (Å²) in [6.45, 7) is 10.6. The standard InChI is InChI=1S/C23H27BrN4O2/c1-4-27(5-2)11-12-28-10-9-18-20(23(28)30)14(3)19(25-18)13-15-21-16(24)7-6-8-17(21)26-22(15)29/h6-8,13,25H,4-5,9-12H2,1-3H3,(H,26,29)/b15-13-. The lowest BCUT2D eigenvalue weighted by Crippen LogP contribution is -2.42. The Hall–Kier alpha value is -2.38. The lowest BCUT2D eigenvalue weighted by Gasteiger charge is -2.29. The van der Waals surface area contributed by atoms with Crippen LogP contribution in [-0.2, 0) is 11.2 Å². The molecule has 7 heteroatoms. The molecule has 0 bridgehead atoms. The van der Waals surface area contributed by atoms with Gasteiger partial charge in [0.1, 0.15) is 0 Å². The molecule has 1 aromatic carbocycles. The molecule has 0 radical (unpaired) electrons. The second-order valence-electron chi connectivity index (χ2n) is 7.76. The van der Waals surface area contributed by atoms with Crippen molar-refractivity contribution in [3.05, 3.63) is 50.8 Å². The number of halogens is 1. The molecular weight excluding hydrogens is 444 g/mol. The summed E-state index contributed by atoms with van der Waals surface area (Å²) in [5, 5.41) is 2.91. The van der Waals surface area contributed by atoms with E-state index in [0.717, 1.165) is 77.4 Å². The smallest absolute Gasteiger partial charge is 0.256 e. The van der Waals surface area contributed by atoms with E-state index in [9.17, 15) is 9.59 Å². The van der Waals surface area contributed by atoms with Crippen LogP contribution >= 0.6 is 15.9 Å². The number of aromatic nitrogens is 1. The lowest BCUT2D eigenvalue weighted by molar-refractivity contribution is -0.110. The molecule has 0 spiro atoms. The Morgan fingerprint density at radius 1 is 1.20 bits per heavy atom. The average Bonchev–Trinajstić information content (AvgIpc) is 3.22. The Kier molecular flexibility index (Phi) is 5.84. The molecule has 2 amide bonds. The number of amides is 2. The largest absolute Gasteiger partial charge is 0.358 e. The van der Waals surface area contributed by atoms with Crippen molar-refractivity contribution in [1.82, 2.24) is 14.8 Å². The van der Waals surface area contributed by atoms with Crippen molar-refractivity contribution in [3.63, 3.8) is 0 Å². The lowest BCUT2D eigenvalue weighted by atomic mass is 10.0. The summed E-state index contributed by atoms with van der Waals surface area (Å²) in [6, 6.07) is 5.72. The number of fused-ring (bicyclic) bond motifs is 2. The van der Waals surface area contributed by atoms with Crippen LogP contribution in [-0.4, -0.2) is 59.3 Å². The first kappa shape index (κ1) is 20.9. The predicted molar refractivity (Wildman–Crippen MR) is 124 cm³/mol. The zero-order valence-corrected chi connectivity index (χ0v) is 19.2. The molecule has 30 heavy (non-hydrogen) atoms. The highest BCUT2D eigenvalue weighted by atomic mass is 79.9. The number of hydrogen-bond acceptors (Lipinski definition) is 3. The Labute approximate surface area is 185 Å². The second-order valence-corrected chi connectivity index (χ2v) is 8.62. The number of nitrogens with zero attached hydrogens (tertiary/aromatic N) is 2. The summed E-state index contributed by atoms with van der Waals surface area (Å²) in [5.41, 5.74) is 5.73. The molecular formula is C23H27BrN4O2. The molecule has 2 aliphatic heterocycles. The van der Waals surface area contributed by atoms with Crippen LogP contribution in [0.2, 0.25) is 0 Å². The van der Waals surface area contributed by atoms with Crippen LogP contribution in [0, 0.1) is 6.92 Å². The molecule has 0 unspecified atom stereocenters. The molecule has 6 nitrogen and oxygen atoms in total. The first-order valence-corrected chi connectivity index (χ1v) is 11.3. The number of carbonyl (C=O) groups is 2. The number of aromatic amines is 1. The van der Waals surface area contributed by atoms with Gasteiger partial charge in [-0.2, -0.15) is 0 Å². The minimum atomic E-state index is -0.129. The van der Waals surface area contributed by atoms with Crippen molar-refractivity contribution in [3.8, 4) is 0 Å². The van der Waals surface area contributed by atoms with Crippen molar-refractivity contribution >= 4 is 45.1 Å². The second kappa shape index (κ2) is 8.40. The van der Waals surface area contributed by atoms with E-state index in [0.29, 0.717) is 5.57 Å². The molecule has 0 saturated heterocycles. The van der Waals surface area contributed by atoms with Gasteiger partial charge in [0.2, 0.25) is 0 Å². The molecule has 3 heterocycles. The Morgan fingerprint density at radius 2 is 1.97 bits per heavy atom. The van der Waals surface area contributed by atoms with Gasteiger partial charge in [-0.1, -0.05) is 35.8 Å². The molecule has 1 aromatic heterocycles. The first-order chi connectivity index (χ1) is 14.4. The highest BCUT2D eigenvalue weighted by molar-refractivity contribution is 9.10. The maximum Gasteiger partial charge on any atom is 0.256 e. The van der Waals surface area contributed by atoms with Gasteiger partial charge < -0.3 is 20.1 Å². The van der Waals surface area contributed by atoms with Crippen LogP contribution in [0.25, 0.3) is 11.6 Å². The van der Waals surface area contributed by atoms with Crippen LogP contribution < -0.4 is 5.32 Å². The monoisotopic (exact) mass is 470 g/mol. The fraction of sp³-hybridized carbons (Fsp3) is 0.391. The number of carbonyl (C=O) groups excluding carboxylic acids is 2. The summed E-state index contributed by atoms with van der Waals surface area (Å²) < 4.78 is 0.872. The van der Waals surface area contributed by atoms with Crippen molar-refractivity contribution in [1.29, 1.82) is 0 Å². The fourth-order valence-corrected chi connectivity index (χ4v) is 4.89. The van der Waals surface area contributed by atoms with Gasteiger partial charge in [-0.15, -0.1) is 0 Å². The van der Waals surface area contributed by atoms with Gasteiger partial charge in [0, 0.05) is 47.5 Å². The van der Waals surface area contributed by atoms with Gasteiger partial charge in [0.25, 0.3) is 11.8 Å². The van der Waals surface area contributed by atoms with Gasteiger partial charge >= 0.3 is 0 Å². The average molecular weight is 471 g/mol. The molecule has 0 saturated carbocycles. The van der Waals surface area contributed by atoms with Gasteiger partial charge in [0.05, 0.1) is 16.8 Å². The summed E-state index contributed by atoms with van der Waals surface area (Å²) in [6.07, 6.45) is 2.67. The van der Waals surface area contributed by atoms with Crippen LogP contribution in [0.5, 0.6) is 0 Å². The van der Waals surface area contributed by atoms with E-state index in [1.165, 1.54) is 0 Å². The van der Waals surface area contributed by atoms with Crippen molar-refractivity contribution in [2.75, 3.05) is 38.0 Å². The number of hydrogen-bond donors (Lipinski definition) is 2. The fourth-order valence-electron chi connectivity index (χ4n) is 4.31. The van der Waals surface area contributed by atoms with E-state index in [1.54, 1.807) is 0 Å². The maximum atomic E-state index is 13.2. The van der Waals surface area contributed by atoms with E-state index >= 15 is 0 Å². The van der Waals surface area contributed by atoms with Gasteiger partial charge in [-0.05, 0) is 43.8 Å². The van der Waals surface area contributed by atoms with E-state index in [4.69, 9.17) is 0 Å². The zero-order valence-electron chi connectivity index (χ0n) is 17.6. The normalized spacial score (nSPS) is 17.0. The minimum absolute atomic E-state index is 0.0826. The third-order valence-corrected chi connectivity index (χ3v) is 6.80. The topological polar surface area (TPSA) is 68.4 Å². The molecule has 4 rings (SSSR count). The number of nitrogens with one attached hydrogen (secondary N) is 2. The van der Waals surface area contributed by atoms with Gasteiger partial charge in [-0.3, -0.25) is 9.59 Å². The van der Waals surface area contributed by atoms with Crippen LogP contribution in [0.15, 0.2) is 22.7 Å². The molecule has 0 fully saturated rings. The van der Waals surface area contributed by atoms with E-state index < -0.39 is 0 Å². The Morgan fingerprint density at radius 3 is 2.70 bits per heavy atom. The van der Waals surface area contributed by atoms with E-state index in [-0.39, 0.29) is 11.8 Å². The molecule has 0 atom stereocenters. The quantitative estimate of drug-likeness (QED) is 0.628. The Bertz CT molecular complexity index is 1040. The van der Waals surface area contributed by atoms with Crippen molar-refractivity contribution in [2.45, 2.75) is 27.2 Å². The minimum Gasteiger partial charge on any atom is -0.358 e. The summed E-state index contributed by atoms with van der Waals surface area (Å²) in [4.78, 5) is 33.4. The van der Waals surface area contributed by atoms with Crippen LogP contribution in [0.4, 0.5) is 5.69 Å². The third-order valence-electron chi connectivity index (χ3n) is 6.14. The summed E-state index contributed by atoms with van der Waals surface area (Å²) in [7, 11) is 0. The number of H-pyrrole nitrogens is 1. The number of rotatable bonds is 6. The molecule has 2 N–H and O–H groups in total. The predicted octanol–water partition coefficient (Wildman–Crippen LogP) is 3.92. The highest BCUT2D eigenvalue weighted by Gasteiger charge is 2.31. The summed E-state index contributed by atoms with van der Waals surface area (Å²) in [5.74, 6) is -0.0460. The van der Waals surface area contributed by atoms with Crippen molar-refractivity contribution < 1.29 is 9.59 Å². The molecule has 0 aliphatic carbocycles.